The number of fused-ring (bicyclic) bond motifs is 2. The second-order valence-corrected chi connectivity index (χ2v) is 13.2. The Morgan fingerprint density at radius 1 is 0.806 bits per heavy atom. The van der Waals surface area contributed by atoms with Crippen LogP contribution in [0.4, 0.5) is 0 Å². The fourth-order valence-electron chi connectivity index (χ4n) is 6.62. The Morgan fingerprint density at radius 2 is 1.36 bits per heavy atom. The normalized spacial score (nSPS) is 21.6. The van der Waals surface area contributed by atoms with E-state index in [2.05, 4.69) is 86.6 Å². The summed E-state index contributed by atoms with van der Waals surface area (Å²) in [6.07, 6.45) is 11.2. The molecule has 2 aliphatic rings. The SMILES string of the molecule is Cc1cc([SH](c2ccccc2)c2ccccc2)cc(C)c1OC(=O)CCCC1CC2CCCC(C1)C2. The van der Waals surface area contributed by atoms with Crippen molar-refractivity contribution >= 4 is 16.9 Å². The van der Waals surface area contributed by atoms with Gasteiger partial charge in [-0.1, -0.05) is 55.7 Å². The molecule has 190 valence electrons. The summed E-state index contributed by atoms with van der Waals surface area (Å²) in [5.74, 6) is 3.39. The van der Waals surface area contributed by atoms with Crippen LogP contribution in [0.1, 0.15) is 68.9 Å². The molecule has 2 nitrogen and oxygen atoms in total. The summed E-state index contributed by atoms with van der Waals surface area (Å²) < 4.78 is 5.95. The van der Waals surface area contributed by atoms with Crippen LogP contribution in [0, 0.1) is 31.6 Å². The van der Waals surface area contributed by atoms with Crippen molar-refractivity contribution in [1.82, 2.24) is 0 Å². The first-order chi connectivity index (χ1) is 17.6. The monoisotopic (exact) mass is 500 g/mol. The zero-order valence-corrected chi connectivity index (χ0v) is 22.7. The molecule has 2 fully saturated rings. The van der Waals surface area contributed by atoms with Crippen molar-refractivity contribution in [3.63, 3.8) is 0 Å². The van der Waals surface area contributed by atoms with Crippen molar-refractivity contribution in [1.29, 1.82) is 0 Å². The van der Waals surface area contributed by atoms with Crippen LogP contribution in [0.5, 0.6) is 5.75 Å². The first kappa shape index (κ1) is 25.1. The van der Waals surface area contributed by atoms with E-state index in [9.17, 15) is 4.79 Å². The summed E-state index contributed by atoms with van der Waals surface area (Å²) in [5.41, 5.74) is 2.08. The molecule has 2 unspecified atom stereocenters. The van der Waals surface area contributed by atoms with E-state index in [1.807, 2.05) is 0 Å². The highest BCUT2D eigenvalue weighted by Gasteiger charge is 2.31. The number of carbonyl (C=O) groups excluding carboxylic acids is 1. The molecule has 2 atom stereocenters. The van der Waals surface area contributed by atoms with E-state index >= 15 is 0 Å². The number of ether oxygens (including phenoxy) is 1. The Morgan fingerprint density at radius 3 is 1.92 bits per heavy atom. The van der Waals surface area contributed by atoms with Crippen molar-refractivity contribution in [2.45, 2.75) is 86.3 Å². The van der Waals surface area contributed by atoms with Crippen molar-refractivity contribution < 1.29 is 9.53 Å². The van der Waals surface area contributed by atoms with Crippen molar-refractivity contribution in [3.05, 3.63) is 83.9 Å². The van der Waals surface area contributed by atoms with Gasteiger partial charge in [0.05, 0.1) is 0 Å². The van der Waals surface area contributed by atoms with Crippen LogP contribution in [-0.2, 0) is 4.79 Å². The Labute approximate surface area is 219 Å². The van der Waals surface area contributed by atoms with Gasteiger partial charge in [0.25, 0.3) is 0 Å². The maximum Gasteiger partial charge on any atom is 0.311 e. The highest BCUT2D eigenvalue weighted by Crippen LogP contribution is 2.52. The maximum absolute atomic E-state index is 12.8. The third kappa shape index (κ3) is 6.06. The smallest absolute Gasteiger partial charge is 0.311 e. The number of thiol groups is 1. The molecule has 0 spiro atoms. The third-order valence-corrected chi connectivity index (χ3v) is 10.6. The number of hydrogen-bond acceptors (Lipinski definition) is 2. The van der Waals surface area contributed by atoms with Gasteiger partial charge in [0.1, 0.15) is 5.75 Å². The second kappa shape index (κ2) is 11.7. The van der Waals surface area contributed by atoms with Crippen LogP contribution < -0.4 is 4.74 Å². The third-order valence-electron chi connectivity index (χ3n) is 8.17. The van der Waals surface area contributed by atoms with Gasteiger partial charge in [0.2, 0.25) is 0 Å². The number of carbonyl (C=O) groups is 1. The fourth-order valence-corrected chi connectivity index (χ4v) is 9.10. The molecule has 0 aliphatic heterocycles. The highest BCUT2D eigenvalue weighted by atomic mass is 32.2. The van der Waals surface area contributed by atoms with Gasteiger partial charge in [-0.25, -0.2) is 0 Å². The topological polar surface area (TPSA) is 26.3 Å². The fraction of sp³-hybridized carbons (Fsp3) is 0.424. The zero-order chi connectivity index (χ0) is 24.9. The lowest BCUT2D eigenvalue weighted by Crippen LogP contribution is -2.26. The molecule has 0 N–H and O–H groups in total. The number of rotatable bonds is 8. The van der Waals surface area contributed by atoms with Gasteiger partial charge in [-0.05, 0) is 126 Å². The largest absolute Gasteiger partial charge is 0.426 e. The first-order valence-corrected chi connectivity index (χ1v) is 15.1. The summed E-state index contributed by atoms with van der Waals surface area (Å²) in [6, 6.07) is 25.9. The molecule has 3 aromatic rings. The van der Waals surface area contributed by atoms with Crippen molar-refractivity contribution in [3.8, 4) is 5.75 Å². The minimum atomic E-state index is -0.673. The summed E-state index contributed by atoms with van der Waals surface area (Å²) in [6.45, 7) is 4.15. The van der Waals surface area contributed by atoms with E-state index in [0.29, 0.717) is 6.42 Å². The molecule has 2 bridgehead atoms. The second-order valence-electron chi connectivity index (χ2n) is 11.0. The molecular formula is C33H40O2S. The maximum atomic E-state index is 12.8. The predicted molar refractivity (Wildman–Crippen MR) is 150 cm³/mol. The minimum Gasteiger partial charge on any atom is -0.426 e. The number of hydrogen-bond donors (Lipinski definition) is 1. The molecule has 2 aliphatic carbocycles. The van der Waals surface area contributed by atoms with Gasteiger partial charge in [-0.15, -0.1) is 0 Å². The molecule has 3 aromatic carbocycles. The van der Waals surface area contributed by atoms with Crippen LogP contribution in [0.2, 0.25) is 0 Å². The highest BCUT2D eigenvalue weighted by molar-refractivity contribution is 8.17. The first-order valence-electron chi connectivity index (χ1n) is 13.8. The van der Waals surface area contributed by atoms with E-state index < -0.39 is 10.9 Å². The summed E-state index contributed by atoms with van der Waals surface area (Å²) >= 11 is 0. The molecule has 0 saturated heterocycles. The average Bonchev–Trinajstić information content (AvgIpc) is 2.88. The molecule has 0 aromatic heterocycles. The van der Waals surface area contributed by atoms with Gasteiger partial charge < -0.3 is 4.74 Å². The van der Waals surface area contributed by atoms with Crippen LogP contribution in [0.15, 0.2) is 87.5 Å². The van der Waals surface area contributed by atoms with Crippen molar-refractivity contribution in [2.24, 2.45) is 17.8 Å². The lowest BCUT2D eigenvalue weighted by atomic mass is 9.67. The Hall–Kier alpha value is -2.52. The molecule has 36 heavy (non-hydrogen) atoms. The van der Waals surface area contributed by atoms with Crippen LogP contribution in [-0.4, -0.2) is 5.97 Å². The van der Waals surface area contributed by atoms with E-state index in [-0.39, 0.29) is 5.97 Å². The van der Waals surface area contributed by atoms with Gasteiger partial charge in [0, 0.05) is 6.42 Å². The summed E-state index contributed by atoms with van der Waals surface area (Å²) in [7, 11) is -0.673. The van der Waals surface area contributed by atoms with Crippen molar-refractivity contribution in [2.75, 3.05) is 0 Å². The predicted octanol–water partition coefficient (Wildman–Crippen LogP) is 9.07. The van der Waals surface area contributed by atoms with E-state index in [1.165, 1.54) is 59.6 Å². The molecule has 5 rings (SSSR count). The van der Waals surface area contributed by atoms with Gasteiger partial charge in [0.15, 0.2) is 0 Å². The number of esters is 1. The van der Waals surface area contributed by atoms with Gasteiger partial charge >= 0.3 is 5.97 Å². The Kier molecular flexibility index (Phi) is 8.16. The molecular weight excluding hydrogens is 460 g/mol. The van der Waals surface area contributed by atoms with E-state index in [0.717, 1.165) is 41.1 Å². The minimum absolute atomic E-state index is 0.0849. The molecule has 0 radical (unpaired) electrons. The zero-order valence-electron chi connectivity index (χ0n) is 21.8. The molecule has 0 heterocycles. The Bertz CT molecular complexity index is 1080. The summed E-state index contributed by atoms with van der Waals surface area (Å²) in [4.78, 5) is 16.7. The van der Waals surface area contributed by atoms with Gasteiger partial charge in [-0.2, -0.15) is 10.9 Å². The van der Waals surface area contributed by atoms with Crippen LogP contribution >= 0.6 is 10.9 Å². The average molecular weight is 501 g/mol. The van der Waals surface area contributed by atoms with Gasteiger partial charge in [-0.3, -0.25) is 4.79 Å². The molecule has 0 amide bonds. The Balaban J connectivity index is 1.25. The lowest BCUT2D eigenvalue weighted by molar-refractivity contribution is -0.134. The van der Waals surface area contributed by atoms with Crippen LogP contribution in [0.3, 0.4) is 0 Å². The molecule has 3 heteroatoms. The van der Waals surface area contributed by atoms with E-state index in [1.54, 1.807) is 0 Å². The number of benzene rings is 3. The van der Waals surface area contributed by atoms with E-state index in [4.69, 9.17) is 4.74 Å². The summed E-state index contributed by atoms with van der Waals surface area (Å²) in [5, 5.41) is 0. The van der Waals surface area contributed by atoms with Crippen LogP contribution in [0.25, 0.3) is 0 Å². The molecule has 2 saturated carbocycles. The lowest BCUT2D eigenvalue weighted by Gasteiger charge is -2.39. The quantitative estimate of drug-likeness (QED) is 0.190. The standard InChI is InChI=1S/C33H40O2S/c1-24-19-31(36(29-14-5-3-6-15-29)30-16-7-4-8-17-30)20-25(2)33(24)35-32(34)18-10-13-28-22-26-11-9-12-27(21-26)23-28/h3-8,14-17,19-20,26-28,36H,9-13,18,21-23H2,1-2H3. The number of aryl methyl sites for hydroxylation is 2.